The molecule has 9 aromatic rings. The predicted octanol–water partition coefficient (Wildman–Crippen LogP) is 12.1. The van der Waals surface area contributed by atoms with Gasteiger partial charge < -0.3 is 0 Å². The molecule has 0 heterocycles. The topological polar surface area (TPSA) is 0 Å². The highest BCUT2D eigenvalue weighted by atomic mass is 35.5. The van der Waals surface area contributed by atoms with Crippen molar-refractivity contribution in [1.29, 1.82) is 0 Å². The maximum atomic E-state index is 6.42. The second-order valence-electron chi connectivity index (χ2n) is 10.7. The first-order chi connectivity index (χ1) is 19.7. The van der Waals surface area contributed by atoms with Crippen LogP contribution in [0.5, 0.6) is 0 Å². The number of benzene rings is 7. The second-order valence-corrected chi connectivity index (χ2v) is 11.6. The first kappa shape index (κ1) is 22.5. The number of halogens is 2. The lowest BCUT2D eigenvalue weighted by molar-refractivity contribution is 1.68. The fourth-order valence-electron chi connectivity index (χ4n) is 7.15. The fourth-order valence-corrected chi connectivity index (χ4v) is 7.41. The third-order valence-corrected chi connectivity index (χ3v) is 9.16. The lowest BCUT2D eigenvalue weighted by Gasteiger charge is -2.15. The van der Waals surface area contributed by atoms with Gasteiger partial charge in [-0.15, -0.1) is 0 Å². The van der Waals surface area contributed by atoms with Crippen molar-refractivity contribution < 1.29 is 0 Å². The van der Waals surface area contributed by atoms with Crippen LogP contribution in [0.4, 0.5) is 0 Å². The molecule has 40 heavy (non-hydrogen) atoms. The molecule has 0 spiro atoms. The molecule has 0 saturated heterocycles. The van der Waals surface area contributed by atoms with Gasteiger partial charge in [0.25, 0.3) is 0 Å². The average molecular weight is 547 g/mol. The SMILES string of the molecule is Clc1ccc(-c2c3c4cccc5cccc(c3c(-c3ccc(Cl)cc3)c3c6cccc7cccc(c23)c76)c54)cc1. The van der Waals surface area contributed by atoms with Gasteiger partial charge in [-0.05, 0) is 111 Å². The summed E-state index contributed by atoms with van der Waals surface area (Å²) in [4.78, 5) is 0. The van der Waals surface area contributed by atoms with Crippen molar-refractivity contribution in [3.63, 3.8) is 0 Å². The van der Waals surface area contributed by atoms with Crippen LogP contribution in [0.15, 0.2) is 121 Å². The van der Waals surface area contributed by atoms with Crippen LogP contribution in [0, 0.1) is 0 Å². The molecule has 2 heteroatoms. The van der Waals surface area contributed by atoms with Gasteiger partial charge in [0.15, 0.2) is 0 Å². The standard InChI is InChI=1S/C38H20Cl2/c39-25-17-13-23(14-18-25)33-35-27-9-1-5-21-6-2-10-28(31(21)27)36(35)34(24-15-19-26(40)20-16-24)38-30-12-4-8-22-7-3-11-29(32(22)30)37(33)38/h1-20H. The molecule has 0 aliphatic rings. The van der Waals surface area contributed by atoms with E-state index in [0.29, 0.717) is 0 Å². The number of rotatable bonds is 2. The Hall–Kier alpha value is -4.36. The highest BCUT2D eigenvalue weighted by Gasteiger charge is 2.27. The first-order valence-corrected chi connectivity index (χ1v) is 14.3. The summed E-state index contributed by atoms with van der Waals surface area (Å²) >= 11 is 12.8. The van der Waals surface area contributed by atoms with Crippen LogP contribution in [-0.4, -0.2) is 0 Å². The number of hydrogen-bond donors (Lipinski definition) is 0. The van der Waals surface area contributed by atoms with Crippen molar-refractivity contribution >= 4 is 87.8 Å². The van der Waals surface area contributed by atoms with Gasteiger partial charge in [0.05, 0.1) is 0 Å². The second kappa shape index (κ2) is 8.08. The Morgan fingerprint density at radius 3 is 0.900 bits per heavy atom. The molecular weight excluding hydrogens is 527 g/mol. The van der Waals surface area contributed by atoms with E-state index < -0.39 is 0 Å². The van der Waals surface area contributed by atoms with E-state index in [1.165, 1.54) is 86.9 Å². The molecule has 9 rings (SSSR count). The Morgan fingerprint density at radius 2 is 0.600 bits per heavy atom. The maximum absolute atomic E-state index is 6.42. The van der Waals surface area contributed by atoms with Crippen molar-refractivity contribution in [3.8, 4) is 22.3 Å². The van der Waals surface area contributed by atoms with Gasteiger partial charge in [0, 0.05) is 10.0 Å². The zero-order chi connectivity index (χ0) is 26.5. The summed E-state index contributed by atoms with van der Waals surface area (Å²) < 4.78 is 0. The largest absolute Gasteiger partial charge is 0.0843 e. The maximum Gasteiger partial charge on any atom is 0.0406 e. The molecule has 0 aromatic heterocycles. The molecule has 0 bridgehead atoms. The molecule has 0 fully saturated rings. The van der Waals surface area contributed by atoms with Gasteiger partial charge in [-0.2, -0.15) is 0 Å². The van der Waals surface area contributed by atoms with Crippen molar-refractivity contribution in [2.24, 2.45) is 0 Å². The third-order valence-electron chi connectivity index (χ3n) is 8.65. The van der Waals surface area contributed by atoms with Crippen molar-refractivity contribution in [2.45, 2.75) is 0 Å². The van der Waals surface area contributed by atoms with Crippen LogP contribution in [0.2, 0.25) is 10.0 Å². The Balaban J connectivity index is 1.69. The van der Waals surface area contributed by atoms with Gasteiger partial charge >= 0.3 is 0 Å². The van der Waals surface area contributed by atoms with Crippen LogP contribution < -0.4 is 0 Å². The van der Waals surface area contributed by atoms with Gasteiger partial charge in [-0.25, -0.2) is 0 Å². The molecule has 9 aromatic carbocycles. The van der Waals surface area contributed by atoms with Crippen molar-refractivity contribution in [2.75, 3.05) is 0 Å². The summed E-state index contributed by atoms with van der Waals surface area (Å²) in [6.07, 6.45) is 0. The van der Waals surface area contributed by atoms with E-state index in [4.69, 9.17) is 23.2 Å². The number of fused-ring (bicyclic) bond motifs is 6. The molecule has 0 atom stereocenters. The number of hydrogen-bond acceptors (Lipinski definition) is 0. The highest BCUT2D eigenvalue weighted by molar-refractivity contribution is 6.46. The summed E-state index contributed by atoms with van der Waals surface area (Å²) in [5, 5.41) is 17.0. The molecule has 0 radical (unpaired) electrons. The van der Waals surface area contributed by atoms with Gasteiger partial charge in [0.2, 0.25) is 0 Å². The zero-order valence-electron chi connectivity index (χ0n) is 21.3. The van der Waals surface area contributed by atoms with Crippen LogP contribution in [-0.2, 0) is 0 Å². The van der Waals surface area contributed by atoms with Crippen LogP contribution >= 0.6 is 23.2 Å². The highest BCUT2D eigenvalue weighted by Crippen LogP contribution is 2.55. The van der Waals surface area contributed by atoms with E-state index in [1.807, 2.05) is 24.3 Å². The van der Waals surface area contributed by atoms with Crippen LogP contribution in [0.3, 0.4) is 0 Å². The van der Waals surface area contributed by atoms with Gasteiger partial charge in [-0.3, -0.25) is 0 Å². The fraction of sp³-hybridized carbons (Fsp3) is 0. The lowest BCUT2D eigenvalue weighted by atomic mass is 9.87. The van der Waals surface area contributed by atoms with E-state index in [2.05, 4.69) is 97.1 Å². The monoisotopic (exact) mass is 546 g/mol. The lowest BCUT2D eigenvalue weighted by Crippen LogP contribution is -1.88. The zero-order valence-corrected chi connectivity index (χ0v) is 22.8. The first-order valence-electron chi connectivity index (χ1n) is 13.5. The van der Waals surface area contributed by atoms with E-state index in [-0.39, 0.29) is 0 Å². The third kappa shape index (κ3) is 2.88. The van der Waals surface area contributed by atoms with E-state index in [1.54, 1.807) is 0 Å². The normalized spacial score (nSPS) is 12.2. The smallest absolute Gasteiger partial charge is 0.0406 e. The molecule has 0 amide bonds. The summed E-state index contributed by atoms with van der Waals surface area (Å²) in [6, 6.07) is 43.5. The minimum Gasteiger partial charge on any atom is -0.0843 e. The Labute approximate surface area is 240 Å². The average Bonchev–Trinajstić information content (AvgIpc) is 3.50. The molecule has 186 valence electrons. The minimum absolute atomic E-state index is 0.741. The quantitative estimate of drug-likeness (QED) is 0.202. The molecule has 0 saturated carbocycles. The van der Waals surface area contributed by atoms with Crippen molar-refractivity contribution in [1.82, 2.24) is 0 Å². The molecule has 0 aliphatic heterocycles. The predicted molar refractivity (Wildman–Crippen MR) is 175 cm³/mol. The molecular formula is C38H20Cl2. The Kier molecular flexibility index (Phi) is 4.54. The summed E-state index contributed by atoms with van der Waals surface area (Å²) in [6.45, 7) is 0. The molecule has 0 aliphatic carbocycles. The van der Waals surface area contributed by atoms with E-state index in [9.17, 15) is 0 Å². The minimum atomic E-state index is 0.741. The molecule has 0 nitrogen and oxygen atoms in total. The molecule has 0 N–H and O–H groups in total. The van der Waals surface area contributed by atoms with Crippen LogP contribution in [0.25, 0.3) is 86.9 Å². The van der Waals surface area contributed by atoms with Crippen LogP contribution in [0.1, 0.15) is 0 Å². The summed E-state index contributed by atoms with van der Waals surface area (Å²) in [7, 11) is 0. The molecule has 0 unspecified atom stereocenters. The van der Waals surface area contributed by atoms with Gasteiger partial charge in [-0.1, -0.05) is 120 Å². The Bertz CT molecular complexity index is 2130. The van der Waals surface area contributed by atoms with Gasteiger partial charge in [0.1, 0.15) is 0 Å². The van der Waals surface area contributed by atoms with Crippen molar-refractivity contribution in [3.05, 3.63) is 131 Å². The summed E-state index contributed by atoms with van der Waals surface area (Å²) in [5.74, 6) is 0. The summed E-state index contributed by atoms with van der Waals surface area (Å²) in [5.41, 5.74) is 4.89. The van der Waals surface area contributed by atoms with E-state index in [0.717, 1.165) is 10.0 Å². The van der Waals surface area contributed by atoms with E-state index >= 15 is 0 Å². The Morgan fingerprint density at radius 1 is 0.300 bits per heavy atom.